The lowest BCUT2D eigenvalue weighted by atomic mass is 10.1. The van der Waals surface area contributed by atoms with Gasteiger partial charge in [0, 0.05) is 11.2 Å². The summed E-state index contributed by atoms with van der Waals surface area (Å²) in [6.07, 6.45) is -2.59. The molecular formula is C12H11F3N2. The number of nitrogens with one attached hydrogen (secondary N) is 1. The van der Waals surface area contributed by atoms with E-state index in [1.54, 1.807) is 6.07 Å². The van der Waals surface area contributed by atoms with Gasteiger partial charge in [-0.3, -0.25) is 0 Å². The Morgan fingerprint density at radius 3 is 2.47 bits per heavy atom. The van der Waals surface area contributed by atoms with Crippen LogP contribution in [0.25, 0.3) is 0 Å². The van der Waals surface area contributed by atoms with Crippen LogP contribution < -0.4 is 5.32 Å². The molecule has 0 radical (unpaired) electrons. The zero-order valence-corrected chi connectivity index (χ0v) is 9.23. The first-order chi connectivity index (χ1) is 7.84. The number of halogens is 3. The van der Waals surface area contributed by atoms with Gasteiger partial charge in [0.15, 0.2) is 0 Å². The van der Waals surface area contributed by atoms with E-state index in [0.29, 0.717) is 5.69 Å². The Labute approximate surface area is 97.1 Å². The maximum Gasteiger partial charge on any atom is 0.417 e. The van der Waals surface area contributed by atoms with Gasteiger partial charge < -0.3 is 5.32 Å². The summed E-state index contributed by atoms with van der Waals surface area (Å²) < 4.78 is 38.1. The third kappa shape index (κ3) is 2.52. The lowest BCUT2D eigenvalue weighted by Gasteiger charge is -2.16. The number of rotatable bonds is 2. The molecule has 1 fully saturated rings. The fraction of sp³-hybridized carbons (Fsp3) is 0.417. The molecule has 1 saturated carbocycles. The average molecular weight is 240 g/mol. The van der Waals surface area contributed by atoms with Gasteiger partial charge in [-0.1, -0.05) is 0 Å². The summed E-state index contributed by atoms with van der Waals surface area (Å²) in [4.78, 5) is 0. The van der Waals surface area contributed by atoms with E-state index in [4.69, 9.17) is 5.26 Å². The van der Waals surface area contributed by atoms with Gasteiger partial charge in [0.05, 0.1) is 17.2 Å². The normalized spacial score (nSPS) is 17.4. The summed E-state index contributed by atoms with van der Waals surface area (Å²) in [5, 5.41) is 11.7. The van der Waals surface area contributed by atoms with Crippen LogP contribution in [0.4, 0.5) is 18.9 Å². The molecule has 17 heavy (non-hydrogen) atoms. The van der Waals surface area contributed by atoms with Crippen molar-refractivity contribution in [3.8, 4) is 6.07 Å². The molecule has 0 aliphatic heterocycles. The molecule has 2 rings (SSSR count). The Kier molecular flexibility index (Phi) is 2.53. The molecule has 90 valence electrons. The van der Waals surface area contributed by atoms with Gasteiger partial charge in [-0.15, -0.1) is 0 Å². The van der Waals surface area contributed by atoms with Gasteiger partial charge in [-0.05, 0) is 38.0 Å². The van der Waals surface area contributed by atoms with E-state index in [1.807, 2.05) is 6.92 Å². The van der Waals surface area contributed by atoms with Crippen LogP contribution in [-0.4, -0.2) is 5.54 Å². The highest BCUT2D eigenvalue weighted by Crippen LogP contribution is 2.40. The minimum atomic E-state index is -4.49. The van der Waals surface area contributed by atoms with E-state index in [1.165, 1.54) is 12.1 Å². The zero-order valence-electron chi connectivity index (χ0n) is 9.23. The molecule has 1 aliphatic rings. The second-order valence-electron chi connectivity index (χ2n) is 4.56. The second-order valence-corrected chi connectivity index (χ2v) is 4.56. The van der Waals surface area contributed by atoms with Crippen LogP contribution >= 0.6 is 0 Å². The maximum atomic E-state index is 12.7. The van der Waals surface area contributed by atoms with Crippen molar-refractivity contribution < 1.29 is 13.2 Å². The van der Waals surface area contributed by atoms with Gasteiger partial charge in [0.1, 0.15) is 0 Å². The summed E-state index contributed by atoms with van der Waals surface area (Å²) >= 11 is 0. The third-order valence-electron chi connectivity index (χ3n) is 2.89. The third-order valence-corrected chi connectivity index (χ3v) is 2.89. The van der Waals surface area contributed by atoms with Gasteiger partial charge in [0.25, 0.3) is 0 Å². The minimum Gasteiger partial charge on any atom is -0.380 e. The fourth-order valence-electron chi connectivity index (χ4n) is 1.61. The predicted octanol–water partition coefficient (Wildman–Crippen LogP) is 3.54. The molecule has 1 aliphatic carbocycles. The molecule has 2 nitrogen and oxygen atoms in total. The average Bonchev–Trinajstić information content (AvgIpc) is 2.95. The molecule has 1 aromatic carbocycles. The molecule has 0 saturated heterocycles. The number of nitriles is 1. The van der Waals surface area contributed by atoms with Crippen LogP contribution in [0, 0.1) is 11.3 Å². The molecule has 1 aromatic rings. The van der Waals surface area contributed by atoms with E-state index in [-0.39, 0.29) is 11.1 Å². The molecule has 0 spiro atoms. The standard InChI is InChI=1S/C12H11F3N2/c1-11(4-5-11)17-9-3-2-8(7-16)10(6-9)12(13,14)15/h2-3,6,17H,4-5H2,1H3. The van der Waals surface area contributed by atoms with Crippen molar-refractivity contribution in [2.75, 3.05) is 5.32 Å². The first-order valence-electron chi connectivity index (χ1n) is 5.24. The topological polar surface area (TPSA) is 35.8 Å². The largest absolute Gasteiger partial charge is 0.417 e. The van der Waals surface area contributed by atoms with Crippen LogP contribution in [-0.2, 0) is 6.18 Å². The van der Waals surface area contributed by atoms with E-state index in [2.05, 4.69) is 5.32 Å². The van der Waals surface area contributed by atoms with Crippen molar-refractivity contribution >= 4 is 5.69 Å². The van der Waals surface area contributed by atoms with Crippen molar-refractivity contribution in [1.29, 1.82) is 5.26 Å². The summed E-state index contributed by atoms with van der Waals surface area (Å²) in [6, 6.07) is 5.28. The number of hydrogen-bond acceptors (Lipinski definition) is 2. The van der Waals surface area contributed by atoms with Crippen molar-refractivity contribution in [3.05, 3.63) is 29.3 Å². The van der Waals surface area contributed by atoms with E-state index >= 15 is 0 Å². The number of anilines is 1. The van der Waals surface area contributed by atoms with Gasteiger partial charge in [0.2, 0.25) is 0 Å². The quantitative estimate of drug-likeness (QED) is 0.858. The molecule has 0 heterocycles. The Morgan fingerprint density at radius 2 is 2.00 bits per heavy atom. The lowest BCUT2D eigenvalue weighted by Crippen LogP contribution is -2.17. The van der Waals surface area contributed by atoms with Gasteiger partial charge in [-0.25, -0.2) is 0 Å². The van der Waals surface area contributed by atoms with E-state index < -0.39 is 11.7 Å². The molecular weight excluding hydrogens is 229 g/mol. The van der Waals surface area contributed by atoms with E-state index in [0.717, 1.165) is 18.9 Å². The number of hydrogen-bond donors (Lipinski definition) is 1. The molecule has 0 atom stereocenters. The van der Waals surface area contributed by atoms with Gasteiger partial charge in [-0.2, -0.15) is 18.4 Å². The second kappa shape index (κ2) is 3.66. The highest BCUT2D eigenvalue weighted by molar-refractivity contribution is 5.55. The smallest absolute Gasteiger partial charge is 0.380 e. The zero-order chi connectivity index (χ0) is 12.7. The van der Waals surface area contributed by atoms with Crippen molar-refractivity contribution in [2.45, 2.75) is 31.5 Å². The fourth-order valence-corrected chi connectivity index (χ4v) is 1.61. The van der Waals surface area contributed by atoms with Crippen LogP contribution in [0.3, 0.4) is 0 Å². The summed E-state index contributed by atoms with van der Waals surface area (Å²) in [6.45, 7) is 1.96. The van der Waals surface area contributed by atoms with Crippen molar-refractivity contribution in [3.63, 3.8) is 0 Å². The van der Waals surface area contributed by atoms with Crippen LogP contribution in [0.1, 0.15) is 30.9 Å². The number of nitrogens with zero attached hydrogens (tertiary/aromatic N) is 1. The monoisotopic (exact) mass is 240 g/mol. The maximum absolute atomic E-state index is 12.7. The van der Waals surface area contributed by atoms with Crippen molar-refractivity contribution in [2.24, 2.45) is 0 Å². The van der Waals surface area contributed by atoms with E-state index in [9.17, 15) is 13.2 Å². The predicted molar refractivity (Wildman–Crippen MR) is 57.4 cm³/mol. The van der Waals surface area contributed by atoms with Crippen LogP contribution in [0.5, 0.6) is 0 Å². The Bertz CT molecular complexity index is 482. The van der Waals surface area contributed by atoms with Crippen molar-refractivity contribution in [1.82, 2.24) is 0 Å². The molecule has 0 aromatic heterocycles. The Balaban J connectivity index is 2.35. The Hall–Kier alpha value is -1.70. The highest BCUT2D eigenvalue weighted by Gasteiger charge is 2.38. The molecule has 0 amide bonds. The minimum absolute atomic E-state index is 0.0863. The molecule has 0 unspecified atom stereocenters. The first-order valence-corrected chi connectivity index (χ1v) is 5.24. The lowest BCUT2D eigenvalue weighted by molar-refractivity contribution is -0.137. The molecule has 1 N–H and O–H groups in total. The number of benzene rings is 1. The number of alkyl halides is 3. The van der Waals surface area contributed by atoms with Crippen LogP contribution in [0.15, 0.2) is 18.2 Å². The first kappa shape index (κ1) is 11.8. The Morgan fingerprint density at radius 1 is 1.35 bits per heavy atom. The van der Waals surface area contributed by atoms with Gasteiger partial charge >= 0.3 is 6.18 Å². The summed E-state index contributed by atoms with van der Waals surface area (Å²) in [5.41, 5.74) is -0.897. The van der Waals surface area contributed by atoms with Crippen LogP contribution in [0.2, 0.25) is 0 Å². The molecule has 5 heteroatoms. The molecule has 0 bridgehead atoms. The SMILES string of the molecule is CC1(Nc2ccc(C#N)c(C(F)(F)F)c2)CC1. The summed E-state index contributed by atoms with van der Waals surface area (Å²) in [5.74, 6) is 0. The highest BCUT2D eigenvalue weighted by atomic mass is 19.4. The summed E-state index contributed by atoms with van der Waals surface area (Å²) in [7, 11) is 0.